The van der Waals surface area contributed by atoms with E-state index >= 15 is 0 Å². The second-order valence-corrected chi connectivity index (χ2v) is 12.7. The Hall–Kier alpha value is -0.960. The molecule has 186 valence electrons. The van der Waals surface area contributed by atoms with Crippen molar-refractivity contribution in [2.24, 2.45) is 17.3 Å². The van der Waals surface area contributed by atoms with Crippen molar-refractivity contribution < 1.29 is 33.3 Å². The summed E-state index contributed by atoms with van der Waals surface area (Å²) in [4.78, 5) is 25.4. The molecule has 4 aliphatic heterocycles. The molecule has 0 N–H and O–H groups in total. The normalized spacial score (nSPS) is 50.9. The van der Waals surface area contributed by atoms with Gasteiger partial charge in [0.1, 0.15) is 30.0 Å². The first-order valence-corrected chi connectivity index (χ1v) is 14.1. The maximum Gasteiger partial charge on any atom is 0.334 e. The zero-order valence-electron chi connectivity index (χ0n) is 20.1. The minimum atomic E-state index is -0.659. The van der Waals surface area contributed by atoms with Crippen LogP contribution in [0.3, 0.4) is 0 Å². The lowest BCUT2D eigenvalue weighted by Crippen LogP contribution is -2.70. The summed E-state index contributed by atoms with van der Waals surface area (Å²) < 4.78 is 31.6. The quantitative estimate of drug-likeness (QED) is 0.212. The third kappa shape index (κ3) is 2.36. The van der Waals surface area contributed by atoms with Gasteiger partial charge in [-0.3, -0.25) is 4.79 Å². The van der Waals surface area contributed by atoms with Crippen LogP contribution in [0.1, 0.15) is 65.7 Å². The Morgan fingerprint density at radius 3 is 2.76 bits per heavy atom. The molecule has 7 nitrogen and oxygen atoms in total. The van der Waals surface area contributed by atoms with Gasteiger partial charge in [0.05, 0.1) is 6.10 Å². The Kier molecular flexibility index (Phi) is 4.50. The highest BCUT2D eigenvalue weighted by Gasteiger charge is 3.01. The molecule has 0 bridgehead atoms. The number of alkyl halides is 1. The summed E-state index contributed by atoms with van der Waals surface area (Å²) in [5, 5.41) is 0.949. The Morgan fingerprint density at radius 1 is 1.18 bits per heavy atom. The molecule has 0 aromatic carbocycles. The molecule has 7 aliphatic rings. The van der Waals surface area contributed by atoms with Crippen molar-refractivity contribution in [3.05, 3.63) is 11.1 Å². The van der Waals surface area contributed by atoms with Crippen molar-refractivity contribution in [1.82, 2.24) is 0 Å². The van der Waals surface area contributed by atoms with E-state index in [2.05, 4.69) is 36.7 Å². The molecule has 34 heavy (non-hydrogen) atoms. The number of ether oxygens (including phenoxy) is 5. The number of hydrogen-bond donors (Lipinski definition) is 0. The average molecular weight is 537 g/mol. The van der Waals surface area contributed by atoms with Crippen molar-refractivity contribution in [3.8, 4) is 0 Å². The minimum absolute atomic E-state index is 0.0539. The smallest absolute Gasteiger partial charge is 0.334 e. The maximum absolute atomic E-state index is 13.1. The second-order valence-electron chi connectivity index (χ2n) is 11.9. The minimum Gasteiger partial charge on any atom is -0.458 e. The summed E-state index contributed by atoms with van der Waals surface area (Å²) in [6.07, 6.45) is 4.97. The van der Waals surface area contributed by atoms with E-state index in [1.807, 2.05) is 0 Å². The monoisotopic (exact) mass is 536 g/mol. The fourth-order valence-electron chi connectivity index (χ4n) is 8.57. The number of hydrogen-bond acceptors (Lipinski definition) is 7. The molecule has 3 saturated heterocycles. The first kappa shape index (κ1) is 22.3. The summed E-state index contributed by atoms with van der Waals surface area (Å²) in [5.74, 6) is 0.0369. The van der Waals surface area contributed by atoms with Crippen LogP contribution in [0, 0.1) is 17.3 Å². The number of fused-ring (bicyclic) bond motifs is 4. The molecule has 0 aromatic rings. The molecule has 7 rings (SSSR count). The van der Waals surface area contributed by atoms with E-state index in [-0.39, 0.29) is 47.5 Å². The molecule has 0 radical (unpaired) electrons. The van der Waals surface area contributed by atoms with Gasteiger partial charge in [-0.2, -0.15) is 0 Å². The van der Waals surface area contributed by atoms with Crippen LogP contribution in [-0.2, 0) is 33.3 Å². The SMILES string of the molecule is CC(C)[C@]12O[C@H]1[C@@H]1O[C@]13[C@]1(O[C@H]1C[C@H]1C4=C(CC[C@@]13C)C(=O)OC4)[C@@H]2OC(=O)CCCCCBr. The van der Waals surface area contributed by atoms with Crippen molar-refractivity contribution in [1.29, 1.82) is 0 Å². The van der Waals surface area contributed by atoms with Crippen LogP contribution in [-0.4, -0.2) is 65.1 Å². The molecular formula is C26H33BrO7. The van der Waals surface area contributed by atoms with Crippen LogP contribution in [0.5, 0.6) is 0 Å². The number of rotatable bonds is 7. The average Bonchev–Trinajstić information content (AvgIpc) is 3.70. The molecular weight excluding hydrogens is 504 g/mol. The van der Waals surface area contributed by atoms with Crippen molar-refractivity contribution in [2.45, 2.75) is 107 Å². The Morgan fingerprint density at radius 2 is 2.00 bits per heavy atom. The van der Waals surface area contributed by atoms with E-state index < -0.39 is 22.9 Å². The van der Waals surface area contributed by atoms with Gasteiger partial charge in [-0.25, -0.2) is 4.79 Å². The molecule has 0 aromatic heterocycles. The lowest BCUT2D eigenvalue weighted by Gasteiger charge is -2.53. The lowest BCUT2D eigenvalue weighted by molar-refractivity contribution is -0.169. The topological polar surface area (TPSA) is 90.2 Å². The standard InChI is InChI=1S/C26H33BrO7/c1-13(2)24-19(33-24)20-26(34-20)23(3)9-8-14-15(12-30-21(14)29)16(23)11-17-25(26,32-17)22(24)31-18(28)7-5-4-6-10-27/h13,16-17,19-20,22H,4-12H2,1-3H3/t16-,17-,19-,20-,22+,23-,24-,25+,26+/m0/s1. The molecule has 2 saturated carbocycles. The highest BCUT2D eigenvalue weighted by atomic mass is 79.9. The molecule has 9 atom stereocenters. The van der Waals surface area contributed by atoms with Crippen LogP contribution in [0.4, 0.5) is 0 Å². The van der Waals surface area contributed by atoms with E-state index in [1.54, 1.807) is 0 Å². The Balaban J connectivity index is 1.24. The first-order valence-electron chi connectivity index (χ1n) is 13.0. The molecule has 8 heteroatoms. The summed E-state index contributed by atoms with van der Waals surface area (Å²) in [6.45, 7) is 6.98. The highest BCUT2D eigenvalue weighted by Crippen LogP contribution is 2.83. The molecule has 2 spiro atoms. The predicted molar refractivity (Wildman–Crippen MR) is 123 cm³/mol. The van der Waals surface area contributed by atoms with Gasteiger partial charge < -0.3 is 23.7 Å². The van der Waals surface area contributed by atoms with Crippen molar-refractivity contribution >= 4 is 27.9 Å². The molecule has 3 aliphatic carbocycles. The summed E-state index contributed by atoms with van der Waals surface area (Å²) in [5.41, 5.74) is 0.0491. The second kappa shape index (κ2) is 6.87. The van der Waals surface area contributed by atoms with Crippen molar-refractivity contribution in [2.75, 3.05) is 11.9 Å². The molecule has 0 unspecified atom stereocenters. The molecule has 4 heterocycles. The molecule has 0 amide bonds. The van der Waals surface area contributed by atoms with Gasteiger partial charge in [-0.1, -0.05) is 43.1 Å². The van der Waals surface area contributed by atoms with E-state index in [9.17, 15) is 9.59 Å². The number of halogens is 1. The van der Waals surface area contributed by atoms with Gasteiger partial charge >= 0.3 is 11.9 Å². The van der Waals surface area contributed by atoms with Crippen LogP contribution in [0.2, 0.25) is 0 Å². The summed E-state index contributed by atoms with van der Waals surface area (Å²) in [7, 11) is 0. The van der Waals surface area contributed by atoms with E-state index in [4.69, 9.17) is 23.7 Å². The third-order valence-electron chi connectivity index (χ3n) is 10.3. The highest BCUT2D eigenvalue weighted by molar-refractivity contribution is 9.09. The van der Waals surface area contributed by atoms with Crippen LogP contribution < -0.4 is 0 Å². The number of esters is 2. The van der Waals surface area contributed by atoms with Crippen LogP contribution in [0.25, 0.3) is 0 Å². The predicted octanol–water partition coefficient (Wildman–Crippen LogP) is 3.61. The number of unbranched alkanes of at least 4 members (excludes halogenated alkanes) is 2. The van der Waals surface area contributed by atoms with E-state index in [0.29, 0.717) is 19.4 Å². The van der Waals surface area contributed by atoms with Crippen molar-refractivity contribution in [3.63, 3.8) is 0 Å². The fourth-order valence-corrected chi connectivity index (χ4v) is 8.97. The number of cyclic esters (lactones) is 1. The summed E-state index contributed by atoms with van der Waals surface area (Å²) in [6, 6.07) is 0. The third-order valence-corrected chi connectivity index (χ3v) is 10.9. The first-order chi connectivity index (χ1) is 16.3. The van der Waals surface area contributed by atoms with Crippen LogP contribution in [0.15, 0.2) is 11.1 Å². The van der Waals surface area contributed by atoms with Gasteiger partial charge in [0.15, 0.2) is 11.7 Å². The zero-order valence-corrected chi connectivity index (χ0v) is 21.6. The largest absolute Gasteiger partial charge is 0.458 e. The van der Waals surface area contributed by atoms with Gasteiger partial charge in [0.2, 0.25) is 0 Å². The number of carbonyl (C=O) groups excluding carboxylic acids is 2. The fraction of sp³-hybridized carbons (Fsp3) is 0.846. The van der Waals surface area contributed by atoms with Gasteiger partial charge in [0.25, 0.3) is 0 Å². The molecule has 5 fully saturated rings. The number of epoxide rings is 3. The number of carbonyl (C=O) groups is 2. The van der Waals surface area contributed by atoms with Gasteiger partial charge in [-0.05, 0) is 49.5 Å². The van der Waals surface area contributed by atoms with Crippen LogP contribution >= 0.6 is 15.9 Å². The lowest BCUT2D eigenvalue weighted by atomic mass is 9.46. The summed E-state index contributed by atoms with van der Waals surface area (Å²) >= 11 is 3.45. The van der Waals surface area contributed by atoms with E-state index in [0.717, 1.165) is 48.6 Å². The van der Waals surface area contributed by atoms with Gasteiger partial charge in [-0.15, -0.1) is 0 Å². The van der Waals surface area contributed by atoms with E-state index in [1.165, 1.54) is 0 Å². The zero-order chi connectivity index (χ0) is 23.7. The van der Waals surface area contributed by atoms with Gasteiger partial charge in [0, 0.05) is 22.7 Å². The Labute approximate surface area is 208 Å². The maximum atomic E-state index is 13.1. The Bertz CT molecular complexity index is 1010.